The Morgan fingerprint density at radius 3 is 2.52 bits per heavy atom. The van der Waals surface area contributed by atoms with Crippen LogP contribution in [-0.4, -0.2) is 39.4 Å². The van der Waals surface area contributed by atoms with E-state index in [2.05, 4.69) is 32.0 Å². The molecule has 1 aliphatic heterocycles. The second-order valence-electron chi connectivity index (χ2n) is 6.23. The molecule has 2 aliphatic rings. The molecule has 0 radical (unpaired) electrons. The molecule has 2 aromatic rings. The van der Waals surface area contributed by atoms with Gasteiger partial charge in [-0.15, -0.1) is 10.2 Å². The van der Waals surface area contributed by atoms with Crippen molar-refractivity contribution in [2.45, 2.75) is 51.0 Å². The van der Waals surface area contributed by atoms with E-state index in [0.29, 0.717) is 11.9 Å². The minimum Gasteiger partial charge on any atom is -0.460 e. The Hall–Kier alpha value is -1.76. The first kappa shape index (κ1) is 14.8. The van der Waals surface area contributed by atoms with Gasteiger partial charge in [0.15, 0.2) is 0 Å². The molecule has 3 heterocycles. The van der Waals surface area contributed by atoms with E-state index in [1.165, 1.54) is 17.8 Å². The van der Waals surface area contributed by atoms with Crippen molar-refractivity contribution in [2.75, 3.05) is 18.0 Å². The van der Waals surface area contributed by atoms with Crippen molar-refractivity contribution in [1.29, 1.82) is 0 Å². The zero-order valence-corrected chi connectivity index (χ0v) is 14.1. The number of anilines is 1. The molecular formula is C16H21N5OS. The molecule has 0 atom stereocenters. The van der Waals surface area contributed by atoms with Gasteiger partial charge in [-0.3, -0.25) is 0 Å². The minimum absolute atomic E-state index is 0.189. The zero-order valence-electron chi connectivity index (χ0n) is 13.3. The van der Waals surface area contributed by atoms with E-state index in [4.69, 9.17) is 4.74 Å². The SMILES string of the molecule is CCc1cnc(OC2CCN(c3nnc(C4CC4)s3)CC2)nc1. The van der Waals surface area contributed by atoms with Crippen LogP contribution < -0.4 is 9.64 Å². The van der Waals surface area contributed by atoms with Crippen LogP contribution in [0.4, 0.5) is 5.13 Å². The number of piperidine rings is 1. The fourth-order valence-electron chi connectivity index (χ4n) is 2.75. The molecule has 1 saturated carbocycles. The fraction of sp³-hybridized carbons (Fsp3) is 0.625. The summed E-state index contributed by atoms with van der Waals surface area (Å²) in [5.74, 6) is 0.686. The highest BCUT2D eigenvalue weighted by Gasteiger charge is 2.29. The van der Waals surface area contributed by atoms with Gasteiger partial charge in [0, 0.05) is 44.2 Å². The molecule has 4 rings (SSSR count). The molecule has 23 heavy (non-hydrogen) atoms. The van der Waals surface area contributed by atoms with Crippen molar-refractivity contribution in [3.05, 3.63) is 23.0 Å². The van der Waals surface area contributed by atoms with Gasteiger partial charge in [0.25, 0.3) is 0 Å². The third-order valence-corrected chi connectivity index (χ3v) is 5.58. The van der Waals surface area contributed by atoms with E-state index in [0.717, 1.165) is 43.0 Å². The van der Waals surface area contributed by atoms with Gasteiger partial charge in [-0.1, -0.05) is 18.3 Å². The van der Waals surface area contributed by atoms with E-state index >= 15 is 0 Å². The van der Waals surface area contributed by atoms with Gasteiger partial charge in [0.1, 0.15) is 11.1 Å². The Morgan fingerprint density at radius 1 is 1.13 bits per heavy atom. The molecule has 0 spiro atoms. The summed E-state index contributed by atoms with van der Waals surface area (Å²) in [5.41, 5.74) is 1.13. The predicted octanol–water partition coefficient (Wildman–Crippen LogP) is 2.82. The normalized spacial score (nSPS) is 19.1. The van der Waals surface area contributed by atoms with Gasteiger partial charge in [-0.25, -0.2) is 9.97 Å². The van der Waals surface area contributed by atoms with Crippen LogP contribution in [0.2, 0.25) is 0 Å². The lowest BCUT2D eigenvalue weighted by Gasteiger charge is -2.31. The maximum Gasteiger partial charge on any atom is 0.316 e. The predicted molar refractivity (Wildman–Crippen MR) is 89.2 cm³/mol. The van der Waals surface area contributed by atoms with Crippen LogP contribution in [0.3, 0.4) is 0 Å². The second kappa shape index (κ2) is 6.39. The van der Waals surface area contributed by atoms with Crippen LogP contribution in [0, 0.1) is 0 Å². The molecule has 0 amide bonds. The smallest absolute Gasteiger partial charge is 0.316 e. The summed E-state index contributed by atoms with van der Waals surface area (Å²) in [5, 5.41) is 11.0. The van der Waals surface area contributed by atoms with E-state index in [1.807, 2.05) is 12.4 Å². The monoisotopic (exact) mass is 331 g/mol. The lowest BCUT2D eigenvalue weighted by atomic mass is 10.1. The topological polar surface area (TPSA) is 64.0 Å². The van der Waals surface area contributed by atoms with Crippen LogP contribution in [0.15, 0.2) is 12.4 Å². The highest BCUT2D eigenvalue weighted by atomic mass is 32.1. The van der Waals surface area contributed by atoms with Crippen LogP contribution in [-0.2, 0) is 6.42 Å². The maximum atomic E-state index is 5.91. The molecular weight excluding hydrogens is 310 g/mol. The van der Waals surface area contributed by atoms with E-state index < -0.39 is 0 Å². The largest absolute Gasteiger partial charge is 0.460 e. The number of nitrogens with zero attached hydrogens (tertiary/aromatic N) is 5. The standard InChI is InChI=1S/C16H21N5OS/c1-2-11-9-17-15(18-10-11)22-13-5-7-21(8-6-13)16-20-19-14(23-16)12-3-4-12/h9-10,12-13H,2-8H2,1H3. The molecule has 1 aliphatic carbocycles. The summed E-state index contributed by atoms with van der Waals surface area (Å²) in [6.07, 6.45) is 9.33. The second-order valence-corrected chi connectivity index (χ2v) is 7.22. The average molecular weight is 331 g/mol. The summed E-state index contributed by atoms with van der Waals surface area (Å²) < 4.78 is 5.91. The number of ether oxygens (including phenoxy) is 1. The van der Waals surface area contributed by atoms with Crippen molar-refractivity contribution < 1.29 is 4.74 Å². The van der Waals surface area contributed by atoms with Crippen LogP contribution in [0.25, 0.3) is 0 Å². The van der Waals surface area contributed by atoms with Crippen LogP contribution >= 0.6 is 11.3 Å². The molecule has 2 aromatic heterocycles. The molecule has 7 heteroatoms. The van der Waals surface area contributed by atoms with Gasteiger partial charge >= 0.3 is 6.01 Å². The molecule has 2 fully saturated rings. The van der Waals surface area contributed by atoms with Crippen molar-refractivity contribution in [3.8, 4) is 6.01 Å². The quantitative estimate of drug-likeness (QED) is 0.839. The van der Waals surface area contributed by atoms with E-state index in [-0.39, 0.29) is 6.10 Å². The Morgan fingerprint density at radius 2 is 1.87 bits per heavy atom. The molecule has 0 unspecified atom stereocenters. The summed E-state index contributed by atoms with van der Waals surface area (Å²) in [6.45, 7) is 4.01. The van der Waals surface area contributed by atoms with Crippen molar-refractivity contribution in [3.63, 3.8) is 0 Å². The molecule has 0 N–H and O–H groups in total. The van der Waals surface area contributed by atoms with Gasteiger partial charge in [0.05, 0.1) is 0 Å². The summed E-state index contributed by atoms with van der Waals surface area (Å²) in [6, 6.07) is 0.493. The highest BCUT2D eigenvalue weighted by molar-refractivity contribution is 7.15. The van der Waals surface area contributed by atoms with E-state index in [1.54, 1.807) is 11.3 Å². The fourth-order valence-corrected chi connectivity index (χ4v) is 3.81. The molecule has 1 saturated heterocycles. The third kappa shape index (κ3) is 3.44. The van der Waals surface area contributed by atoms with Gasteiger partial charge < -0.3 is 9.64 Å². The summed E-state index contributed by atoms with van der Waals surface area (Å²) in [4.78, 5) is 10.9. The first-order valence-corrected chi connectivity index (χ1v) is 9.19. The van der Waals surface area contributed by atoms with Crippen LogP contribution in [0.1, 0.15) is 49.1 Å². The third-order valence-electron chi connectivity index (χ3n) is 4.43. The Labute approximate surface area is 139 Å². The number of aryl methyl sites for hydroxylation is 1. The number of hydrogen-bond donors (Lipinski definition) is 0. The van der Waals surface area contributed by atoms with Gasteiger partial charge in [0.2, 0.25) is 5.13 Å². The summed E-state index contributed by atoms with van der Waals surface area (Å²) >= 11 is 1.76. The number of hydrogen-bond acceptors (Lipinski definition) is 7. The lowest BCUT2D eigenvalue weighted by molar-refractivity contribution is 0.156. The highest BCUT2D eigenvalue weighted by Crippen LogP contribution is 2.42. The Kier molecular flexibility index (Phi) is 4.11. The maximum absolute atomic E-state index is 5.91. The first-order valence-electron chi connectivity index (χ1n) is 8.37. The molecule has 122 valence electrons. The van der Waals surface area contributed by atoms with Gasteiger partial charge in [-0.05, 0) is 24.8 Å². The Balaban J connectivity index is 1.31. The number of aromatic nitrogens is 4. The molecule has 0 bridgehead atoms. The molecule has 0 aromatic carbocycles. The average Bonchev–Trinajstić information content (AvgIpc) is 3.34. The van der Waals surface area contributed by atoms with Crippen molar-refractivity contribution in [1.82, 2.24) is 20.2 Å². The zero-order chi connectivity index (χ0) is 15.6. The minimum atomic E-state index is 0.189. The first-order chi connectivity index (χ1) is 11.3. The lowest BCUT2D eigenvalue weighted by Crippen LogP contribution is -2.38. The Bertz CT molecular complexity index is 647. The van der Waals surface area contributed by atoms with Gasteiger partial charge in [-0.2, -0.15) is 0 Å². The summed E-state index contributed by atoms with van der Waals surface area (Å²) in [7, 11) is 0. The van der Waals surface area contributed by atoms with Crippen molar-refractivity contribution >= 4 is 16.5 Å². The number of rotatable bonds is 5. The molecule has 6 nitrogen and oxygen atoms in total. The van der Waals surface area contributed by atoms with E-state index in [9.17, 15) is 0 Å². The van der Waals surface area contributed by atoms with Crippen molar-refractivity contribution in [2.24, 2.45) is 0 Å². The van der Waals surface area contributed by atoms with Crippen LogP contribution in [0.5, 0.6) is 6.01 Å².